The lowest BCUT2D eigenvalue weighted by atomic mass is 10.0. The predicted octanol–water partition coefficient (Wildman–Crippen LogP) is 3.86. The average molecular weight is 400 g/mol. The van der Waals surface area contributed by atoms with Crippen LogP contribution in [0.3, 0.4) is 0 Å². The number of rotatable bonds is 4. The Morgan fingerprint density at radius 2 is 2.00 bits per heavy atom. The first-order chi connectivity index (χ1) is 12.5. The molecule has 0 radical (unpaired) electrons. The summed E-state index contributed by atoms with van der Waals surface area (Å²) in [5.41, 5.74) is 4.90. The number of carboxylic acid groups (broad SMARTS) is 1. The highest BCUT2D eigenvalue weighted by molar-refractivity contribution is 6.29. The summed E-state index contributed by atoms with van der Waals surface area (Å²) < 4.78 is 40.4. The number of carbonyl (C=O) groups is 1. The molecule has 0 fully saturated rings. The Balaban J connectivity index is 2.00. The van der Waals surface area contributed by atoms with Gasteiger partial charge in [-0.2, -0.15) is 13.2 Å². The molecule has 2 heterocycles. The molecule has 0 aliphatic heterocycles. The molecule has 0 aliphatic rings. The SMILES string of the molecule is C[C@@H](Nc1nc(Cl)cn2cc(C(=O)O)nc12)c1cc(N)cc(C(F)(F)F)c1. The van der Waals surface area contributed by atoms with Crippen LogP contribution >= 0.6 is 11.6 Å². The number of imidazole rings is 1. The van der Waals surface area contributed by atoms with E-state index in [9.17, 15) is 18.0 Å². The van der Waals surface area contributed by atoms with Crippen LogP contribution in [0.4, 0.5) is 24.7 Å². The molecule has 11 heteroatoms. The van der Waals surface area contributed by atoms with Crippen LogP contribution in [0.15, 0.2) is 30.6 Å². The van der Waals surface area contributed by atoms with E-state index in [-0.39, 0.29) is 33.6 Å². The Morgan fingerprint density at radius 3 is 2.63 bits per heavy atom. The fraction of sp³-hybridized carbons (Fsp3) is 0.188. The quantitative estimate of drug-likeness (QED) is 0.575. The Labute approximate surface area is 155 Å². The summed E-state index contributed by atoms with van der Waals surface area (Å²) in [4.78, 5) is 19.1. The number of nitrogens with zero attached hydrogens (tertiary/aromatic N) is 3. The molecule has 27 heavy (non-hydrogen) atoms. The van der Waals surface area contributed by atoms with Crippen molar-refractivity contribution in [3.63, 3.8) is 0 Å². The molecule has 0 aliphatic carbocycles. The molecule has 3 rings (SSSR count). The minimum atomic E-state index is -4.54. The van der Waals surface area contributed by atoms with Crippen molar-refractivity contribution >= 4 is 34.7 Å². The van der Waals surface area contributed by atoms with Crippen molar-refractivity contribution in [2.45, 2.75) is 19.1 Å². The highest BCUT2D eigenvalue weighted by Gasteiger charge is 2.31. The van der Waals surface area contributed by atoms with Crippen LogP contribution in [-0.4, -0.2) is 25.4 Å². The number of fused-ring (bicyclic) bond motifs is 1. The normalized spacial score (nSPS) is 12.9. The van der Waals surface area contributed by atoms with Crippen LogP contribution in [-0.2, 0) is 6.18 Å². The lowest BCUT2D eigenvalue weighted by molar-refractivity contribution is -0.137. The Bertz CT molecular complexity index is 1030. The number of halogens is 4. The molecule has 1 atom stereocenters. The Hall–Kier alpha value is -3.01. The standard InChI is InChI=1S/C16H13ClF3N5O2/c1-7(8-2-9(16(18,19)20)4-10(21)3-8)22-13-14-23-11(15(26)27)5-25(14)6-12(17)24-13/h2-7H,21H2,1H3,(H,22,24)(H,26,27)/t7-/m1/s1. The maximum atomic E-state index is 13.0. The molecule has 0 unspecified atom stereocenters. The molecule has 1 aromatic carbocycles. The fourth-order valence-corrected chi connectivity index (χ4v) is 2.74. The molecular weight excluding hydrogens is 387 g/mol. The first-order valence-electron chi connectivity index (χ1n) is 7.57. The third-order valence-corrected chi connectivity index (χ3v) is 3.97. The summed E-state index contributed by atoms with van der Waals surface area (Å²) in [6, 6.07) is 2.58. The van der Waals surface area contributed by atoms with Gasteiger partial charge >= 0.3 is 12.1 Å². The number of aromatic nitrogens is 3. The van der Waals surface area contributed by atoms with Crippen LogP contribution in [0.5, 0.6) is 0 Å². The van der Waals surface area contributed by atoms with Crippen LogP contribution in [0.25, 0.3) is 5.65 Å². The molecule has 3 aromatic rings. The lowest BCUT2D eigenvalue weighted by Crippen LogP contribution is -2.12. The lowest BCUT2D eigenvalue weighted by Gasteiger charge is -2.18. The summed E-state index contributed by atoms with van der Waals surface area (Å²) in [6.45, 7) is 1.61. The van der Waals surface area contributed by atoms with Crippen LogP contribution < -0.4 is 11.1 Å². The molecule has 142 valence electrons. The highest BCUT2D eigenvalue weighted by atomic mass is 35.5. The topological polar surface area (TPSA) is 106 Å². The second-order valence-electron chi connectivity index (χ2n) is 5.83. The molecule has 0 saturated heterocycles. The molecule has 7 nitrogen and oxygen atoms in total. The number of hydrogen-bond donors (Lipinski definition) is 3. The second kappa shape index (κ2) is 6.62. The highest BCUT2D eigenvalue weighted by Crippen LogP contribution is 2.33. The predicted molar refractivity (Wildman–Crippen MR) is 92.9 cm³/mol. The molecule has 2 aromatic heterocycles. The number of carboxylic acids is 1. The zero-order valence-corrected chi connectivity index (χ0v) is 14.5. The van der Waals surface area contributed by atoms with E-state index in [1.54, 1.807) is 6.92 Å². The van der Waals surface area contributed by atoms with E-state index in [4.69, 9.17) is 22.4 Å². The van der Waals surface area contributed by atoms with Gasteiger partial charge in [0, 0.05) is 18.1 Å². The van der Waals surface area contributed by atoms with E-state index in [1.165, 1.54) is 22.9 Å². The monoisotopic (exact) mass is 399 g/mol. The van der Waals surface area contributed by atoms with E-state index < -0.39 is 23.8 Å². The molecule has 4 N–H and O–H groups in total. The fourth-order valence-electron chi connectivity index (χ4n) is 2.55. The number of hydrogen-bond acceptors (Lipinski definition) is 5. The number of aromatic carboxylic acids is 1. The van der Waals surface area contributed by atoms with Crippen LogP contribution in [0, 0.1) is 0 Å². The second-order valence-corrected chi connectivity index (χ2v) is 6.21. The Kier molecular flexibility index (Phi) is 4.60. The summed E-state index contributed by atoms with van der Waals surface area (Å²) in [6.07, 6.45) is -1.91. The minimum Gasteiger partial charge on any atom is -0.476 e. The molecule has 0 saturated carbocycles. The summed E-state index contributed by atoms with van der Waals surface area (Å²) in [5.74, 6) is -1.11. The van der Waals surface area contributed by atoms with Gasteiger partial charge in [-0.05, 0) is 30.7 Å². The van der Waals surface area contributed by atoms with Gasteiger partial charge in [-0.3, -0.25) is 0 Å². The molecule has 0 bridgehead atoms. The van der Waals surface area contributed by atoms with Gasteiger partial charge in [0.1, 0.15) is 5.15 Å². The van der Waals surface area contributed by atoms with Crippen molar-refractivity contribution in [3.8, 4) is 0 Å². The maximum absolute atomic E-state index is 13.0. The average Bonchev–Trinajstić information content (AvgIpc) is 2.97. The third-order valence-electron chi connectivity index (χ3n) is 3.79. The maximum Gasteiger partial charge on any atom is 0.416 e. The van der Waals surface area contributed by atoms with E-state index in [2.05, 4.69) is 15.3 Å². The third kappa shape index (κ3) is 3.90. The molecular formula is C16H13ClF3N5O2. The first-order valence-corrected chi connectivity index (χ1v) is 7.95. The van der Waals surface area contributed by atoms with Crippen molar-refractivity contribution in [1.29, 1.82) is 0 Å². The summed E-state index contributed by atoms with van der Waals surface area (Å²) >= 11 is 5.94. The zero-order chi connectivity index (χ0) is 19.9. The van der Waals surface area contributed by atoms with Gasteiger partial charge in [0.25, 0.3) is 0 Å². The number of nitrogen functional groups attached to an aromatic ring is 1. The van der Waals surface area contributed by atoms with Crippen molar-refractivity contribution < 1.29 is 23.1 Å². The summed E-state index contributed by atoms with van der Waals surface area (Å²) in [5, 5.41) is 12.0. The van der Waals surface area contributed by atoms with Gasteiger partial charge < -0.3 is 20.6 Å². The van der Waals surface area contributed by atoms with E-state index in [0.717, 1.165) is 12.1 Å². The van der Waals surface area contributed by atoms with E-state index >= 15 is 0 Å². The number of benzene rings is 1. The first kappa shape index (κ1) is 18.8. The number of nitrogens with two attached hydrogens (primary N) is 1. The van der Waals surface area contributed by atoms with Gasteiger partial charge in [0.15, 0.2) is 17.2 Å². The smallest absolute Gasteiger partial charge is 0.416 e. The minimum absolute atomic E-state index is 0.0355. The molecule has 0 spiro atoms. The van der Waals surface area contributed by atoms with Gasteiger partial charge in [-0.25, -0.2) is 14.8 Å². The van der Waals surface area contributed by atoms with Crippen LogP contribution in [0.2, 0.25) is 5.15 Å². The largest absolute Gasteiger partial charge is 0.476 e. The molecule has 0 amide bonds. The zero-order valence-electron chi connectivity index (χ0n) is 13.8. The van der Waals surface area contributed by atoms with Gasteiger partial charge in [-0.1, -0.05) is 11.6 Å². The number of anilines is 2. The van der Waals surface area contributed by atoms with Gasteiger partial charge in [0.2, 0.25) is 0 Å². The van der Waals surface area contributed by atoms with Crippen molar-refractivity contribution in [2.24, 2.45) is 0 Å². The number of alkyl halides is 3. The van der Waals surface area contributed by atoms with Crippen molar-refractivity contribution in [2.75, 3.05) is 11.1 Å². The Morgan fingerprint density at radius 1 is 1.30 bits per heavy atom. The van der Waals surface area contributed by atoms with Gasteiger partial charge in [-0.15, -0.1) is 0 Å². The van der Waals surface area contributed by atoms with Crippen LogP contribution in [0.1, 0.15) is 34.6 Å². The van der Waals surface area contributed by atoms with Crippen molar-refractivity contribution in [3.05, 3.63) is 52.6 Å². The van der Waals surface area contributed by atoms with E-state index in [0.29, 0.717) is 0 Å². The summed E-state index contributed by atoms with van der Waals surface area (Å²) in [7, 11) is 0. The van der Waals surface area contributed by atoms with E-state index in [1.807, 2.05) is 0 Å². The number of nitrogens with one attached hydrogen (secondary N) is 1. The van der Waals surface area contributed by atoms with Crippen molar-refractivity contribution in [1.82, 2.24) is 14.4 Å². The van der Waals surface area contributed by atoms with Gasteiger partial charge in [0.05, 0.1) is 11.6 Å².